The normalized spacial score (nSPS) is 10.6. The van der Waals surface area contributed by atoms with E-state index in [1.165, 1.54) is 13.3 Å². The number of methoxy groups -OCH3 is 1. The molecule has 2 N–H and O–H groups in total. The van der Waals surface area contributed by atoms with E-state index in [2.05, 4.69) is 15.8 Å². The Balaban J connectivity index is 1.58. The van der Waals surface area contributed by atoms with Crippen LogP contribution in [0.15, 0.2) is 71.8 Å². The molecule has 0 fully saturated rings. The number of amides is 2. The molecule has 0 aromatic heterocycles. The number of esters is 1. The first-order valence-corrected chi connectivity index (χ1v) is 10.6. The number of rotatable bonds is 7. The van der Waals surface area contributed by atoms with Crippen LogP contribution in [0, 0.1) is 6.92 Å². The third-order valence-corrected chi connectivity index (χ3v) is 4.88. The van der Waals surface area contributed by atoms with E-state index < -0.39 is 17.8 Å². The zero-order chi connectivity index (χ0) is 24.5. The van der Waals surface area contributed by atoms with Gasteiger partial charge in [-0.2, -0.15) is 5.10 Å². The van der Waals surface area contributed by atoms with E-state index in [1.54, 1.807) is 42.5 Å². The smallest absolute Gasteiger partial charge is 0.343 e. The highest BCUT2D eigenvalue weighted by atomic mass is 16.6. The highest BCUT2D eigenvalue weighted by molar-refractivity contribution is 6.39. The SMILES string of the molecule is CCc1ccc(NC(=O)C(=O)N/N=C\c2ccc(OC(=O)c3ccc(C)cc3)c(OC)c2)cc1. The van der Waals surface area contributed by atoms with E-state index in [0.717, 1.165) is 17.5 Å². The summed E-state index contributed by atoms with van der Waals surface area (Å²) in [4.78, 5) is 36.4. The van der Waals surface area contributed by atoms with Crippen LogP contribution in [0.1, 0.15) is 34.0 Å². The van der Waals surface area contributed by atoms with Crippen molar-refractivity contribution in [2.24, 2.45) is 5.10 Å². The molecule has 0 unspecified atom stereocenters. The number of hydrogen-bond acceptors (Lipinski definition) is 6. The number of ether oxygens (including phenoxy) is 2. The van der Waals surface area contributed by atoms with Crippen LogP contribution < -0.4 is 20.2 Å². The maximum atomic E-state index is 12.4. The molecule has 0 aliphatic rings. The average molecular weight is 460 g/mol. The first-order chi connectivity index (χ1) is 16.4. The van der Waals surface area contributed by atoms with Crippen molar-refractivity contribution < 1.29 is 23.9 Å². The van der Waals surface area contributed by atoms with Gasteiger partial charge in [-0.05, 0) is 66.9 Å². The molecule has 0 heterocycles. The third-order valence-electron chi connectivity index (χ3n) is 4.88. The summed E-state index contributed by atoms with van der Waals surface area (Å²) in [5, 5.41) is 6.31. The molecule has 174 valence electrons. The molecule has 3 aromatic rings. The van der Waals surface area contributed by atoms with E-state index in [-0.39, 0.29) is 5.75 Å². The second kappa shape index (κ2) is 11.4. The average Bonchev–Trinajstić information content (AvgIpc) is 2.85. The molecular weight excluding hydrogens is 434 g/mol. The molecule has 34 heavy (non-hydrogen) atoms. The molecule has 8 heteroatoms. The molecule has 0 saturated heterocycles. The van der Waals surface area contributed by atoms with E-state index in [4.69, 9.17) is 9.47 Å². The van der Waals surface area contributed by atoms with Crippen molar-refractivity contribution in [3.05, 3.63) is 89.0 Å². The summed E-state index contributed by atoms with van der Waals surface area (Å²) >= 11 is 0. The lowest BCUT2D eigenvalue weighted by Crippen LogP contribution is -2.32. The van der Waals surface area contributed by atoms with E-state index in [9.17, 15) is 14.4 Å². The Kier molecular flexibility index (Phi) is 8.12. The number of carbonyl (C=O) groups is 3. The predicted octanol–water partition coefficient (Wildman–Crippen LogP) is 3.87. The van der Waals surface area contributed by atoms with Gasteiger partial charge in [0.15, 0.2) is 11.5 Å². The van der Waals surface area contributed by atoms with Crippen LogP contribution in [0.3, 0.4) is 0 Å². The summed E-state index contributed by atoms with van der Waals surface area (Å²) in [7, 11) is 1.44. The Labute approximate surface area is 197 Å². The van der Waals surface area contributed by atoms with Crippen LogP contribution in [0.4, 0.5) is 5.69 Å². The van der Waals surface area contributed by atoms with Crippen molar-refractivity contribution in [3.8, 4) is 11.5 Å². The van der Waals surface area contributed by atoms with Gasteiger partial charge < -0.3 is 14.8 Å². The predicted molar refractivity (Wildman–Crippen MR) is 129 cm³/mol. The van der Waals surface area contributed by atoms with Crippen LogP contribution in [-0.4, -0.2) is 31.1 Å². The van der Waals surface area contributed by atoms with Gasteiger partial charge >= 0.3 is 17.8 Å². The maximum absolute atomic E-state index is 12.4. The number of carbonyl (C=O) groups excluding carboxylic acids is 3. The fraction of sp³-hybridized carbons (Fsp3) is 0.154. The van der Waals surface area contributed by atoms with Crippen molar-refractivity contribution in [1.82, 2.24) is 5.43 Å². The quantitative estimate of drug-likeness (QED) is 0.183. The highest BCUT2D eigenvalue weighted by Crippen LogP contribution is 2.28. The maximum Gasteiger partial charge on any atom is 0.343 e. The fourth-order valence-corrected chi connectivity index (χ4v) is 2.93. The minimum absolute atomic E-state index is 0.239. The van der Waals surface area contributed by atoms with Crippen molar-refractivity contribution in [1.29, 1.82) is 0 Å². The van der Waals surface area contributed by atoms with E-state index in [0.29, 0.717) is 22.6 Å². The third kappa shape index (κ3) is 6.52. The van der Waals surface area contributed by atoms with E-state index in [1.807, 2.05) is 38.1 Å². The largest absolute Gasteiger partial charge is 0.493 e. The van der Waals surface area contributed by atoms with Crippen molar-refractivity contribution in [2.75, 3.05) is 12.4 Å². The minimum Gasteiger partial charge on any atom is -0.493 e. The molecule has 0 saturated carbocycles. The number of nitrogens with zero attached hydrogens (tertiary/aromatic N) is 1. The molecule has 0 bridgehead atoms. The standard InChI is InChI=1S/C26H25N3O5/c1-4-18-7-12-21(13-8-18)28-24(30)25(31)29-27-16-19-9-14-22(23(15-19)33-3)34-26(32)20-10-5-17(2)6-11-20/h5-16H,4H2,1-3H3,(H,28,30)(H,29,31)/b27-16-. The zero-order valence-electron chi connectivity index (χ0n) is 19.1. The van der Waals surface area contributed by atoms with Gasteiger partial charge in [0.25, 0.3) is 0 Å². The molecule has 8 nitrogen and oxygen atoms in total. The van der Waals surface area contributed by atoms with E-state index >= 15 is 0 Å². The number of aryl methyl sites for hydroxylation is 2. The first-order valence-electron chi connectivity index (χ1n) is 10.6. The lowest BCUT2D eigenvalue weighted by Gasteiger charge is -2.10. The van der Waals surface area contributed by atoms with Crippen molar-refractivity contribution >= 4 is 29.7 Å². The monoisotopic (exact) mass is 459 g/mol. The summed E-state index contributed by atoms with van der Waals surface area (Å²) < 4.78 is 10.7. The lowest BCUT2D eigenvalue weighted by atomic mass is 10.1. The molecule has 0 radical (unpaired) electrons. The van der Waals surface area contributed by atoms with Gasteiger partial charge in [-0.3, -0.25) is 9.59 Å². The van der Waals surface area contributed by atoms with Gasteiger partial charge in [0.05, 0.1) is 18.9 Å². The lowest BCUT2D eigenvalue weighted by molar-refractivity contribution is -0.136. The molecule has 0 aliphatic heterocycles. The van der Waals surface area contributed by atoms with Crippen molar-refractivity contribution in [3.63, 3.8) is 0 Å². The Hall–Kier alpha value is -4.46. The Morgan fingerprint density at radius 3 is 2.26 bits per heavy atom. The van der Waals surface area contributed by atoms with Gasteiger partial charge in [-0.25, -0.2) is 10.2 Å². The molecule has 0 spiro atoms. The summed E-state index contributed by atoms with van der Waals surface area (Å²) in [6.45, 7) is 3.96. The Morgan fingerprint density at radius 2 is 1.62 bits per heavy atom. The Bertz CT molecular complexity index is 1200. The number of benzene rings is 3. The number of nitrogens with one attached hydrogen (secondary N) is 2. The molecule has 3 aromatic carbocycles. The van der Waals surface area contributed by atoms with Crippen LogP contribution in [0.25, 0.3) is 0 Å². The Morgan fingerprint density at radius 1 is 0.912 bits per heavy atom. The number of hydrazone groups is 1. The summed E-state index contributed by atoms with van der Waals surface area (Å²) in [5.41, 5.74) is 5.83. The fourth-order valence-electron chi connectivity index (χ4n) is 2.93. The molecule has 2 amide bonds. The second-order valence-corrected chi connectivity index (χ2v) is 7.37. The topological polar surface area (TPSA) is 106 Å². The first kappa shape index (κ1) is 24.2. The summed E-state index contributed by atoms with van der Waals surface area (Å²) in [5.74, 6) is -1.71. The highest BCUT2D eigenvalue weighted by Gasteiger charge is 2.14. The summed E-state index contributed by atoms with van der Waals surface area (Å²) in [6, 6.07) is 19.0. The number of anilines is 1. The molecule has 3 rings (SSSR count). The van der Waals surface area contributed by atoms with Crippen LogP contribution in [0.5, 0.6) is 11.5 Å². The van der Waals surface area contributed by atoms with Crippen molar-refractivity contribution in [2.45, 2.75) is 20.3 Å². The van der Waals surface area contributed by atoms with Gasteiger partial charge in [0.1, 0.15) is 0 Å². The summed E-state index contributed by atoms with van der Waals surface area (Å²) in [6.07, 6.45) is 2.22. The van der Waals surface area contributed by atoms with Crippen LogP contribution >= 0.6 is 0 Å². The van der Waals surface area contributed by atoms with Gasteiger partial charge in [-0.15, -0.1) is 0 Å². The number of hydrogen-bond donors (Lipinski definition) is 2. The van der Waals surface area contributed by atoms with Gasteiger partial charge in [-0.1, -0.05) is 36.8 Å². The van der Waals surface area contributed by atoms with Crippen LogP contribution in [-0.2, 0) is 16.0 Å². The van der Waals surface area contributed by atoms with Gasteiger partial charge in [0, 0.05) is 5.69 Å². The minimum atomic E-state index is -0.911. The molecular formula is C26H25N3O5. The molecule has 0 atom stereocenters. The van der Waals surface area contributed by atoms with Crippen LogP contribution in [0.2, 0.25) is 0 Å². The van der Waals surface area contributed by atoms with Gasteiger partial charge in [0.2, 0.25) is 0 Å². The zero-order valence-corrected chi connectivity index (χ0v) is 19.1. The second-order valence-electron chi connectivity index (χ2n) is 7.37. The molecule has 0 aliphatic carbocycles.